The van der Waals surface area contributed by atoms with E-state index < -0.39 is 0 Å². The maximum absolute atomic E-state index is 8.20. The van der Waals surface area contributed by atoms with Gasteiger partial charge in [-0.3, -0.25) is 5.41 Å². The van der Waals surface area contributed by atoms with Gasteiger partial charge in [0.2, 0.25) is 0 Å². The van der Waals surface area contributed by atoms with Crippen LogP contribution in [0.4, 0.5) is 0 Å². The number of rotatable bonds is 1. The minimum Gasteiger partial charge on any atom is -0.360 e. The van der Waals surface area contributed by atoms with Crippen LogP contribution in [0.1, 0.15) is 51.4 Å². The summed E-state index contributed by atoms with van der Waals surface area (Å²) in [7, 11) is 0. The van der Waals surface area contributed by atoms with Crippen LogP contribution in [-0.2, 0) is 0 Å². The van der Waals surface area contributed by atoms with Crippen LogP contribution < -0.4 is 0 Å². The standard InChI is InChI=1S/C12H22N2/c13-12(11-7-3-4-8-11)14-9-5-1-2-6-10-14/h11,13H,1-10H2. The minimum atomic E-state index is 0.605. The van der Waals surface area contributed by atoms with Gasteiger partial charge in [0.05, 0.1) is 5.84 Å². The van der Waals surface area contributed by atoms with Gasteiger partial charge in [0.15, 0.2) is 0 Å². The van der Waals surface area contributed by atoms with Crippen molar-refractivity contribution in [2.75, 3.05) is 13.1 Å². The smallest absolute Gasteiger partial charge is 0.0989 e. The fourth-order valence-corrected chi connectivity index (χ4v) is 2.77. The molecule has 14 heavy (non-hydrogen) atoms. The van der Waals surface area contributed by atoms with E-state index in [0.29, 0.717) is 5.92 Å². The van der Waals surface area contributed by atoms with Gasteiger partial charge < -0.3 is 4.90 Å². The molecule has 0 radical (unpaired) electrons. The predicted molar refractivity (Wildman–Crippen MR) is 59.7 cm³/mol. The first-order chi connectivity index (χ1) is 6.88. The summed E-state index contributed by atoms with van der Waals surface area (Å²) in [4.78, 5) is 2.35. The Morgan fingerprint density at radius 2 is 1.43 bits per heavy atom. The average molecular weight is 194 g/mol. The first-order valence-electron chi connectivity index (χ1n) is 6.21. The van der Waals surface area contributed by atoms with E-state index in [1.54, 1.807) is 0 Å². The lowest BCUT2D eigenvalue weighted by atomic mass is 10.1. The van der Waals surface area contributed by atoms with Crippen molar-refractivity contribution in [3.63, 3.8) is 0 Å². The summed E-state index contributed by atoms with van der Waals surface area (Å²) in [5.41, 5.74) is 0. The molecule has 1 aliphatic heterocycles. The monoisotopic (exact) mass is 194 g/mol. The number of nitrogens with zero attached hydrogens (tertiary/aromatic N) is 1. The van der Waals surface area contributed by atoms with Crippen LogP contribution in [-0.4, -0.2) is 23.8 Å². The molecule has 0 aromatic rings. The van der Waals surface area contributed by atoms with Gasteiger partial charge in [-0.2, -0.15) is 0 Å². The molecular formula is C12H22N2. The van der Waals surface area contributed by atoms with Crippen molar-refractivity contribution in [2.45, 2.75) is 51.4 Å². The lowest BCUT2D eigenvalue weighted by molar-refractivity contribution is 0.403. The Kier molecular flexibility index (Phi) is 3.44. The van der Waals surface area contributed by atoms with E-state index in [9.17, 15) is 0 Å². The normalized spacial score (nSPS) is 25.0. The zero-order valence-electron chi connectivity index (χ0n) is 9.10. The van der Waals surface area contributed by atoms with E-state index in [-0.39, 0.29) is 0 Å². The van der Waals surface area contributed by atoms with Gasteiger partial charge in [-0.25, -0.2) is 0 Å². The van der Waals surface area contributed by atoms with Gasteiger partial charge >= 0.3 is 0 Å². The molecular weight excluding hydrogens is 172 g/mol. The van der Waals surface area contributed by atoms with Crippen molar-refractivity contribution in [3.8, 4) is 0 Å². The van der Waals surface area contributed by atoms with Gasteiger partial charge in [-0.15, -0.1) is 0 Å². The topological polar surface area (TPSA) is 27.1 Å². The lowest BCUT2D eigenvalue weighted by Crippen LogP contribution is -2.35. The molecule has 2 rings (SSSR count). The Labute approximate surface area is 87.2 Å². The van der Waals surface area contributed by atoms with Crippen molar-refractivity contribution in [2.24, 2.45) is 5.92 Å². The fourth-order valence-electron chi connectivity index (χ4n) is 2.77. The number of likely N-dealkylation sites (tertiary alicyclic amines) is 1. The summed E-state index contributed by atoms with van der Waals surface area (Å²) in [5, 5.41) is 8.20. The molecule has 0 bridgehead atoms. The Morgan fingerprint density at radius 1 is 0.857 bits per heavy atom. The molecule has 0 aromatic heterocycles. The quantitative estimate of drug-likeness (QED) is 0.504. The van der Waals surface area contributed by atoms with Gasteiger partial charge in [-0.1, -0.05) is 25.7 Å². The number of nitrogens with one attached hydrogen (secondary N) is 1. The number of hydrogen-bond acceptors (Lipinski definition) is 1. The Bertz CT molecular complexity index is 186. The second-order valence-electron chi connectivity index (χ2n) is 4.77. The predicted octanol–water partition coefficient (Wildman–Crippen LogP) is 3.03. The van der Waals surface area contributed by atoms with Crippen LogP contribution in [0.2, 0.25) is 0 Å². The molecule has 1 saturated carbocycles. The lowest BCUT2D eigenvalue weighted by Gasteiger charge is -2.26. The zero-order chi connectivity index (χ0) is 9.80. The van der Waals surface area contributed by atoms with Crippen LogP contribution in [0, 0.1) is 11.3 Å². The van der Waals surface area contributed by atoms with Crippen molar-refractivity contribution in [1.29, 1.82) is 5.41 Å². The summed E-state index contributed by atoms with van der Waals surface area (Å²) in [6, 6.07) is 0. The van der Waals surface area contributed by atoms with Crippen molar-refractivity contribution >= 4 is 5.84 Å². The Balaban J connectivity index is 1.88. The van der Waals surface area contributed by atoms with Gasteiger partial charge in [0.1, 0.15) is 0 Å². The highest BCUT2D eigenvalue weighted by molar-refractivity contribution is 5.81. The molecule has 1 aliphatic carbocycles. The molecule has 2 heteroatoms. The van der Waals surface area contributed by atoms with E-state index >= 15 is 0 Å². The molecule has 0 aromatic carbocycles. The first kappa shape index (κ1) is 10.0. The van der Waals surface area contributed by atoms with Crippen molar-refractivity contribution in [1.82, 2.24) is 4.90 Å². The summed E-state index contributed by atoms with van der Waals surface area (Å²) in [6.45, 7) is 2.30. The third kappa shape index (κ3) is 2.28. The average Bonchev–Trinajstić information content (AvgIpc) is 2.59. The van der Waals surface area contributed by atoms with Gasteiger partial charge in [0, 0.05) is 19.0 Å². The molecule has 2 fully saturated rings. The Morgan fingerprint density at radius 3 is 2.00 bits per heavy atom. The number of hydrogen-bond donors (Lipinski definition) is 1. The summed E-state index contributed by atoms with van der Waals surface area (Å²) >= 11 is 0. The van der Waals surface area contributed by atoms with E-state index in [2.05, 4.69) is 4.90 Å². The highest BCUT2D eigenvalue weighted by atomic mass is 15.2. The molecule has 0 amide bonds. The molecule has 0 atom stereocenters. The largest absolute Gasteiger partial charge is 0.360 e. The van der Waals surface area contributed by atoms with E-state index in [1.165, 1.54) is 51.4 Å². The van der Waals surface area contributed by atoms with Crippen LogP contribution in [0.5, 0.6) is 0 Å². The van der Waals surface area contributed by atoms with E-state index in [1.807, 2.05) is 0 Å². The SMILES string of the molecule is N=C(C1CCCC1)N1CCCCCC1. The van der Waals surface area contributed by atoms with E-state index in [4.69, 9.17) is 5.41 Å². The fraction of sp³-hybridized carbons (Fsp3) is 0.917. The molecule has 0 spiro atoms. The highest BCUT2D eigenvalue weighted by Gasteiger charge is 2.24. The first-order valence-corrected chi connectivity index (χ1v) is 6.21. The molecule has 2 aliphatic rings. The maximum atomic E-state index is 8.20. The third-order valence-electron chi connectivity index (χ3n) is 3.69. The molecule has 1 saturated heterocycles. The van der Waals surface area contributed by atoms with Crippen LogP contribution in [0.3, 0.4) is 0 Å². The van der Waals surface area contributed by atoms with E-state index in [0.717, 1.165) is 18.9 Å². The molecule has 1 heterocycles. The summed E-state index contributed by atoms with van der Waals surface area (Å²) in [5.74, 6) is 1.57. The zero-order valence-corrected chi connectivity index (χ0v) is 9.10. The van der Waals surface area contributed by atoms with Gasteiger partial charge in [0.25, 0.3) is 0 Å². The van der Waals surface area contributed by atoms with Crippen LogP contribution in [0.25, 0.3) is 0 Å². The summed E-state index contributed by atoms with van der Waals surface area (Å²) in [6.07, 6.45) is 10.6. The third-order valence-corrected chi connectivity index (χ3v) is 3.69. The second kappa shape index (κ2) is 4.81. The molecule has 2 nitrogen and oxygen atoms in total. The van der Waals surface area contributed by atoms with Crippen molar-refractivity contribution in [3.05, 3.63) is 0 Å². The maximum Gasteiger partial charge on any atom is 0.0989 e. The number of amidine groups is 1. The van der Waals surface area contributed by atoms with Crippen molar-refractivity contribution < 1.29 is 0 Å². The minimum absolute atomic E-state index is 0.605. The van der Waals surface area contributed by atoms with Crippen LogP contribution >= 0.6 is 0 Å². The summed E-state index contributed by atoms with van der Waals surface area (Å²) < 4.78 is 0. The van der Waals surface area contributed by atoms with Gasteiger partial charge in [-0.05, 0) is 25.7 Å². The molecule has 0 unspecified atom stereocenters. The second-order valence-corrected chi connectivity index (χ2v) is 4.77. The highest BCUT2D eigenvalue weighted by Crippen LogP contribution is 2.27. The Hall–Kier alpha value is -0.530. The molecule has 80 valence electrons. The molecule has 1 N–H and O–H groups in total. The van der Waals surface area contributed by atoms with Crippen LogP contribution in [0.15, 0.2) is 0 Å².